The Bertz CT molecular complexity index is 1210. The zero-order chi connectivity index (χ0) is 27.5. The summed E-state index contributed by atoms with van der Waals surface area (Å²) in [4.78, 5) is 37.0. The molecule has 3 aromatic rings. The molecule has 0 bridgehead atoms. The van der Waals surface area contributed by atoms with E-state index in [0.29, 0.717) is 11.1 Å². The number of nitrogens with zero attached hydrogens (tertiary/aromatic N) is 1. The number of nitrogens with two attached hydrogens (primary N) is 1. The molecule has 1 atom stereocenters. The summed E-state index contributed by atoms with van der Waals surface area (Å²) in [6.45, 7) is 4.64. The van der Waals surface area contributed by atoms with Gasteiger partial charge >= 0.3 is 11.9 Å². The van der Waals surface area contributed by atoms with E-state index in [4.69, 9.17) is 19.9 Å². The first-order valence-electron chi connectivity index (χ1n) is 11.3. The fourth-order valence-corrected chi connectivity index (χ4v) is 3.50. The van der Waals surface area contributed by atoms with Crippen LogP contribution in [0, 0.1) is 11.6 Å². The quantitative estimate of drug-likeness (QED) is 0.438. The molecule has 1 heterocycles. The van der Waals surface area contributed by atoms with Gasteiger partial charge in [0.05, 0.1) is 7.11 Å². The first kappa shape index (κ1) is 28.9. The highest BCUT2D eigenvalue weighted by Gasteiger charge is 2.25. The van der Waals surface area contributed by atoms with Gasteiger partial charge in [-0.05, 0) is 42.3 Å². The maximum absolute atomic E-state index is 13.5. The number of pyridine rings is 1. The molecule has 10 heteroatoms. The van der Waals surface area contributed by atoms with Crippen LogP contribution in [0.2, 0.25) is 0 Å². The highest BCUT2D eigenvalue weighted by Crippen LogP contribution is 2.31. The van der Waals surface area contributed by atoms with Crippen LogP contribution in [0.4, 0.5) is 8.78 Å². The predicted molar refractivity (Wildman–Crippen MR) is 131 cm³/mol. The van der Waals surface area contributed by atoms with Gasteiger partial charge in [0.1, 0.15) is 17.7 Å². The number of hydrogen-bond acceptors (Lipinski definition) is 7. The van der Waals surface area contributed by atoms with Crippen LogP contribution in [-0.4, -0.2) is 36.0 Å². The van der Waals surface area contributed by atoms with E-state index in [1.807, 2.05) is 0 Å². The van der Waals surface area contributed by atoms with E-state index in [1.165, 1.54) is 50.6 Å². The molecule has 2 aromatic carbocycles. The van der Waals surface area contributed by atoms with Crippen molar-refractivity contribution in [1.82, 2.24) is 4.98 Å². The molecular weight excluding hydrogens is 486 g/mol. The van der Waals surface area contributed by atoms with Gasteiger partial charge in [-0.15, -0.1) is 0 Å². The van der Waals surface area contributed by atoms with E-state index in [9.17, 15) is 23.2 Å². The Morgan fingerprint density at radius 2 is 1.57 bits per heavy atom. The van der Waals surface area contributed by atoms with Gasteiger partial charge in [-0.1, -0.05) is 31.2 Å². The lowest BCUT2D eigenvalue weighted by atomic mass is 9.87. The van der Waals surface area contributed by atoms with Crippen molar-refractivity contribution in [2.45, 2.75) is 39.2 Å². The van der Waals surface area contributed by atoms with Crippen LogP contribution in [0.5, 0.6) is 11.5 Å². The second kappa shape index (κ2) is 13.7. The van der Waals surface area contributed by atoms with Gasteiger partial charge < -0.3 is 19.9 Å². The molecule has 0 saturated carbocycles. The lowest BCUT2D eigenvalue weighted by Gasteiger charge is -2.25. The van der Waals surface area contributed by atoms with Gasteiger partial charge in [-0.3, -0.25) is 14.4 Å². The zero-order valence-electron chi connectivity index (χ0n) is 20.9. The number of benzene rings is 2. The molecule has 1 unspecified atom stereocenters. The fourth-order valence-electron chi connectivity index (χ4n) is 3.50. The Kier molecular flexibility index (Phi) is 10.7. The second-order valence-corrected chi connectivity index (χ2v) is 7.79. The van der Waals surface area contributed by atoms with Crippen molar-refractivity contribution in [2.75, 3.05) is 7.11 Å². The monoisotopic (exact) mass is 514 g/mol. The van der Waals surface area contributed by atoms with Crippen LogP contribution >= 0.6 is 0 Å². The molecule has 1 amide bonds. The van der Waals surface area contributed by atoms with Gasteiger partial charge in [0.15, 0.2) is 11.4 Å². The lowest BCUT2D eigenvalue weighted by molar-refractivity contribution is -0.148. The van der Waals surface area contributed by atoms with Crippen LogP contribution < -0.4 is 15.2 Å². The number of esters is 2. The van der Waals surface area contributed by atoms with Gasteiger partial charge in [0.2, 0.25) is 5.75 Å². The topological polar surface area (TPSA) is 118 Å². The number of methoxy groups -OCH3 is 1. The van der Waals surface area contributed by atoms with Gasteiger partial charge in [0.25, 0.3) is 5.91 Å². The Balaban J connectivity index is 0.000000281. The molecule has 37 heavy (non-hydrogen) atoms. The summed E-state index contributed by atoms with van der Waals surface area (Å²) in [5, 5.41) is 0. The van der Waals surface area contributed by atoms with Crippen LogP contribution in [0.3, 0.4) is 0 Å². The average Bonchev–Trinajstić information content (AvgIpc) is 2.84. The first-order valence-corrected chi connectivity index (χ1v) is 11.3. The third-order valence-corrected chi connectivity index (χ3v) is 5.06. The highest BCUT2D eigenvalue weighted by atomic mass is 19.1. The van der Waals surface area contributed by atoms with Crippen molar-refractivity contribution in [3.8, 4) is 11.5 Å². The largest absolute Gasteiger partial charge is 0.493 e. The molecule has 0 saturated heterocycles. The minimum absolute atomic E-state index is 0.0556. The molecule has 1 aromatic heterocycles. The third-order valence-electron chi connectivity index (χ3n) is 5.06. The van der Waals surface area contributed by atoms with Crippen molar-refractivity contribution in [3.63, 3.8) is 0 Å². The number of carbonyl (C=O) groups excluding carboxylic acids is 3. The van der Waals surface area contributed by atoms with Gasteiger partial charge in [0, 0.05) is 31.5 Å². The molecule has 0 aliphatic heterocycles. The van der Waals surface area contributed by atoms with Crippen LogP contribution in [-0.2, 0) is 14.3 Å². The summed E-state index contributed by atoms with van der Waals surface area (Å²) in [6.07, 6.45) is 1.06. The Hall–Kier alpha value is -4.34. The number of rotatable bonds is 8. The highest BCUT2D eigenvalue weighted by molar-refractivity contribution is 5.95. The molecule has 0 radical (unpaired) electrons. The fraction of sp³-hybridized carbons (Fsp3) is 0.259. The number of ether oxygens (including phenoxy) is 3. The molecule has 8 nitrogen and oxygen atoms in total. The van der Waals surface area contributed by atoms with Crippen molar-refractivity contribution >= 4 is 17.8 Å². The average molecular weight is 515 g/mol. The predicted octanol–water partition coefficient (Wildman–Crippen LogP) is 4.55. The van der Waals surface area contributed by atoms with Crippen molar-refractivity contribution in [2.24, 2.45) is 5.73 Å². The van der Waals surface area contributed by atoms with E-state index < -0.39 is 23.9 Å². The maximum atomic E-state index is 13.5. The normalized spacial score (nSPS) is 11.1. The van der Waals surface area contributed by atoms with Crippen molar-refractivity contribution < 1.29 is 37.4 Å². The molecule has 3 rings (SSSR count). The summed E-state index contributed by atoms with van der Waals surface area (Å²) in [5.74, 6) is -2.73. The molecule has 0 aliphatic rings. The molecule has 0 fully saturated rings. The Morgan fingerprint density at radius 1 is 1.00 bits per heavy atom. The summed E-state index contributed by atoms with van der Waals surface area (Å²) in [7, 11) is 1.38. The van der Waals surface area contributed by atoms with E-state index in [0.717, 1.165) is 0 Å². The Labute approximate surface area is 213 Å². The van der Waals surface area contributed by atoms with Crippen molar-refractivity contribution in [1.29, 1.82) is 0 Å². The van der Waals surface area contributed by atoms with Crippen LogP contribution in [0.1, 0.15) is 54.7 Å². The number of carbonyl (C=O) groups is 3. The number of amides is 1. The Morgan fingerprint density at radius 3 is 2.00 bits per heavy atom. The maximum Gasteiger partial charge on any atom is 0.308 e. The van der Waals surface area contributed by atoms with E-state index >= 15 is 0 Å². The van der Waals surface area contributed by atoms with Gasteiger partial charge in [-0.2, -0.15) is 0 Å². The lowest BCUT2D eigenvalue weighted by Crippen LogP contribution is -2.23. The summed E-state index contributed by atoms with van der Waals surface area (Å²) >= 11 is 0. The number of hydrogen-bond donors (Lipinski definition) is 1. The molecular formula is C27H28F2N2O6. The molecule has 2 N–H and O–H groups in total. The minimum atomic E-state index is -0.787. The van der Waals surface area contributed by atoms with Crippen LogP contribution in [0.25, 0.3) is 0 Å². The first-order chi connectivity index (χ1) is 17.6. The molecule has 0 aliphatic carbocycles. The summed E-state index contributed by atoms with van der Waals surface area (Å²) in [6, 6.07) is 13.6. The smallest absolute Gasteiger partial charge is 0.308 e. The molecule has 0 spiro atoms. The molecule has 196 valence electrons. The standard InChI is InChI=1S/C18H18F2O2.C9H10N2O4/c1-3-17(21)22-12(2)18(13-6-4-8-15(19)10-13)14-7-5-9-16(20)11-14;1-5(12)15-8-6(14-2)3-4-11-7(8)9(10)13/h4-12,18H,3H2,1-2H3;3-4H,1-2H3,(H2,10,13). The number of halogens is 2. The summed E-state index contributed by atoms with van der Waals surface area (Å²) < 4.78 is 42.1. The second-order valence-electron chi connectivity index (χ2n) is 7.79. The summed E-state index contributed by atoms with van der Waals surface area (Å²) in [5.41, 5.74) is 6.21. The van der Waals surface area contributed by atoms with Gasteiger partial charge in [-0.25, -0.2) is 13.8 Å². The van der Waals surface area contributed by atoms with E-state index in [1.54, 1.807) is 38.1 Å². The van der Waals surface area contributed by atoms with Crippen LogP contribution in [0.15, 0.2) is 60.8 Å². The SMILES string of the molecule is CCC(=O)OC(C)C(c1cccc(F)c1)c1cccc(F)c1.COc1ccnc(C(N)=O)c1OC(C)=O. The zero-order valence-corrected chi connectivity index (χ0v) is 20.9. The van der Waals surface area contributed by atoms with E-state index in [2.05, 4.69) is 4.98 Å². The van der Waals surface area contributed by atoms with Crippen molar-refractivity contribution in [3.05, 3.63) is 89.2 Å². The minimum Gasteiger partial charge on any atom is -0.493 e. The number of primary amides is 1. The third kappa shape index (κ3) is 8.38. The van der Waals surface area contributed by atoms with E-state index in [-0.39, 0.29) is 41.2 Å². The number of aromatic nitrogens is 1.